The zero-order chi connectivity index (χ0) is 31.6. The highest BCUT2D eigenvalue weighted by Gasteiger charge is 2.48. The molecule has 0 unspecified atom stereocenters. The molecule has 0 fully saturated rings. The minimum Gasteiger partial charge on any atom is -0.482 e. The quantitative estimate of drug-likeness (QED) is 0.197. The fourth-order valence-electron chi connectivity index (χ4n) is 8.51. The normalized spacial score (nSPS) is 20.0. The molecule has 2 nitrogen and oxygen atoms in total. The summed E-state index contributed by atoms with van der Waals surface area (Å²) in [5.74, 6) is 0.968. The third-order valence-corrected chi connectivity index (χ3v) is 10.6. The summed E-state index contributed by atoms with van der Waals surface area (Å²) in [6.07, 6.45) is 12.3. The lowest BCUT2D eigenvalue weighted by atomic mass is 9.65. The van der Waals surface area contributed by atoms with Crippen LogP contribution in [0.4, 0.5) is 11.4 Å². The van der Waals surface area contributed by atoms with Crippen LogP contribution in [0.1, 0.15) is 59.6 Å². The van der Waals surface area contributed by atoms with E-state index in [2.05, 4.69) is 170 Å². The molecule has 9 rings (SSSR count). The van der Waals surface area contributed by atoms with E-state index in [0.29, 0.717) is 0 Å². The minimum atomic E-state index is -0.373. The number of fused-ring (bicyclic) bond motifs is 5. The number of hydrogen-bond acceptors (Lipinski definition) is 2. The van der Waals surface area contributed by atoms with Gasteiger partial charge in [0.15, 0.2) is 0 Å². The molecular weight excluding hydrogens is 571 g/mol. The van der Waals surface area contributed by atoms with Crippen LogP contribution in [-0.4, -0.2) is 5.60 Å². The van der Waals surface area contributed by atoms with E-state index in [9.17, 15) is 0 Å². The van der Waals surface area contributed by atoms with E-state index in [1.54, 1.807) is 0 Å². The Bertz CT molecular complexity index is 2130. The molecule has 47 heavy (non-hydrogen) atoms. The van der Waals surface area contributed by atoms with Crippen LogP contribution in [0.5, 0.6) is 5.75 Å². The van der Waals surface area contributed by atoms with Crippen molar-refractivity contribution < 1.29 is 4.74 Å². The molecule has 0 saturated heterocycles. The summed E-state index contributed by atoms with van der Waals surface area (Å²) in [4.78, 5) is 2.45. The predicted octanol–water partition coefficient (Wildman–Crippen LogP) is 11.1. The molecule has 0 bridgehead atoms. The van der Waals surface area contributed by atoms with E-state index in [1.807, 2.05) is 0 Å². The molecule has 4 aliphatic rings. The topological polar surface area (TPSA) is 12.5 Å². The molecule has 0 amide bonds. The smallest absolute Gasteiger partial charge is 0.135 e. The number of nitrogens with zero attached hydrogens (tertiary/aromatic N) is 1. The Morgan fingerprint density at radius 2 is 1.43 bits per heavy atom. The fraction of sp³-hybridized carbons (Fsp3) is 0.156. The average Bonchev–Trinajstić information content (AvgIpc) is 3.58. The van der Waals surface area contributed by atoms with E-state index in [0.717, 1.165) is 36.4 Å². The summed E-state index contributed by atoms with van der Waals surface area (Å²) < 4.78 is 6.55. The highest BCUT2D eigenvalue weighted by atomic mass is 16.5. The molecule has 0 spiro atoms. The first kappa shape index (κ1) is 27.9. The molecule has 5 aromatic carbocycles. The standard InChI is InChI=1S/C45H37NO/c1-31-14-13-19-34(28-31)46(36-26-27-44(2)41(29-36)39-21-10-12-23-43(39)47-44)35-24-25-38-37-20-9-11-22-40(37)45(42(38)30-35,32-15-5-3-6-16-32)33-17-7-4-8-18-33/h3-10,12-21,23-26,28-30H,11,22,27H2,1-2H3/t44-/m0/s1. The Morgan fingerprint density at radius 1 is 0.702 bits per heavy atom. The predicted molar refractivity (Wildman–Crippen MR) is 194 cm³/mol. The lowest BCUT2D eigenvalue weighted by molar-refractivity contribution is 0.169. The number of para-hydroxylation sites is 1. The highest BCUT2D eigenvalue weighted by Crippen LogP contribution is 2.58. The molecule has 3 aliphatic carbocycles. The second kappa shape index (κ2) is 10.6. The van der Waals surface area contributed by atoms with Crippen molar-refractivity contribution in [3.8, 4) is 5.75 Å². The van der Waals surface area contributed by atoms with E-state index >= 15 is 0 Å². The van der Waals surface area contributed by atoms with Crippen molar-refractivity contribution in [2.75, 3.05) is 4.90 Å². The van der Waals surface area contributed by atoms with E-state index in [-0.39, 0.29) is 11.0 Å². The van der Waals surface area contributed by atoms with Crippen LogP contribution in [0.15, 0.2) is 163 Å². The summed E-state index contributed by atoms with van der Waals surface area (Å²) in [5.41, 5.74) is 14.6. The summed E-state index contributed by atoms with van der Waals surface area (Å²) in [6, 6.07) is 46.8. The van der Waals surface area contributed by atoms with Crippen molar-refractivity contribution in [1.82, 2.24) is 0 Å². The third-order valence-electron chi connectivity index (χ3n) is 10.6. The number of allylic oxidation sites excluding steroid dienone is 5. The maximum atomic E-state index is 6.55. The van der Waals surface area contributed by atoms with Gasteiger partial charge in [-0.25, -0.2) is 0 Å². The highest BCUT2D eigenvalue weighted by molar-refractivity contribution is 5.93. The number of hydrogen-bond donors (Lipinski definition) is 0. The van der Waals surface area contributed by atoms with Crippen LogP contribution in [0.25, 0.3) is 11.1 Å². The van der Waals surface area contributed by atoms with Crippen LogP contribution >= 0.6 is 0 Å². The fourth-order valence-corrected chi connectivity index (χ4v) is 8.51. The first-order valence-electron chi connectivity index (χ1n) is 16.8. The molecular formula is C45H37NO. The van der Waals surface area contributed by atoms with Crippen molar-refractivity contribution >= 4 is 22.5 Å². The Hall–Kier alpha value is -5.34. The van der Waals surface area contributed by atoms with E-state index in [1.165, 1.54) is 55.8 Å². The Kier molecular flexibility index (Phi) is 6.30. The molecule has 0 aromatic heterocycles. The zero-order valence-electron chi connectivity index (χ0n) is 26.9. The molecule has 2 heteroatoms. The molecule has 1 heterocycles. The minimum absolute atomic E-state index is 0.367. The van der Waals surface area contributed by atoms with Gasteiger partial charge in [-0.2, -0.15) is 0 Å². The third kappa shape index (κ3) is 4.17. The molecule has 5 aromatic rings. The number of aryl methyl sites for hydroxylation is 1. The van der Waals surface area contributed by atoms with Gasteiger partial charge in [-0.1, -0.05) is 115 Å². The molecule has 1 aliphatic heterocycles. The summed E-state index contributed by atoms with van der Waals surface area (Å²) in [6.45, 7) is 4.40. The summed E-state index contributed by atoms with van der Waals surface area (Å²) in [5, 5.41) is 0. The monoisotopic (exact) mass is 607 g/mol. The number of ether oxygens (including phenoxy) is 1. The van der Waals surface area contributed by atoms with E-state index in [4.69, 9.17) is 4.74 Å². The maximum absolute atomic E-state index is 6.55. The number of rotatable bonds is 5. The summed E-state index contributed by atoms with van der Waals surface area (Å²) in [7, 11) is 0. The average molecular weight is 608 g/mol. The van der Waals surface area contributed by atoms with Crippen LogP contribution in [0.2, 0.25) is 0 Å². The number of anilines is 2. The first-order chi connectivity index (χ1) is 23.1. The largest absolute Gasteiger partial charge is 0.482 e. The van der Waals surface area contributed by atoms with Gasteiger partial charge < -0.3 is 9.64 Å². The Balaban J connectivity index is 1.28. The maximum Gasteiger partial charge on any atom is 0.135 e. The Labute approximate surface area is 277 Å². The van der Waals surface area contributed by atoms with Gasteiger partial charge in [0.25, 0.3) is 0 Å². The van der Waals surface area contributed by atoms with Crippen molar-refractivity contribution in [2.45, 2.75) is 44.1 Å². The summed E-state index contributed by atoms with van der Waals surface area (Å²) >= 11 is 0. The van der Waals surface area contributed by atoms with E-state index < -0.39 is 0 Å². The lowest BCUT2D eigenvalue weighted by Gasteiger charge is -2.37. The van der Waals surface area contributed by atoms with Crippen molar-refractivity contribution in [3.05, 3.63) is 196 Å². The van der Waals surface area contributed by atoms with Gasteiger partial charge in [-0.3, -0.25) is 0 Å². The second-order valence-electron chi connectivity index (χ2n) is 13.4. The molecule has 0 radical (unpaired) electrons. The van der Waals surface area contributed by atoms with Crippen LogP contribution in [0, 0.1) is 6.92 Å². The van der Waals surface area contributed by atoms with Gasteiger partial charge in [0.2, 0.25) is 0 Å². The first-order valence-corrected chi connectivity index (χ1v) is 16.8. The second-order valence-corrected chi connectivity index (χ2v) is 13.4. The van der Waals surface area contributed by atoms with Gasteiger partial charge in [0.1, 0.15) is 11.4 Å². The molecule has 0 N–H and O–H groups in total. The van der Waals surface area contributed by atoms with Gasteiger partial charge >= 0.3 is 0 Å². The molecule has 0 saturated carbocycles. The van der Waals surface area contributed by atoms with Crippen molar-refractivity contribution in [1.29, 1.82) is 0 Å². The zero-order valence-corrected chi connectivity index (χ0v) is 26.9. The van der Waals surface area contributed by atoms with Crippen molar-refractivity contribution in [3.63, 3.8) is 0 Å². The lowest BCUT2D eigenvalue weighted by Crippen LogP contribution is -2.32. The van der Waals surface area contributed by atoms with Gasteiger partial charge in [-0.15, -0.1) is 0 Å². The van der Waals surface area contributed by atoms with Gasteiger partial charge in [0, 0.05) is 34.6 Å². The Morgan fingerprint density at radius 3 is 2.19 bits per heavy atom. The SMILES string of the molecule is Cc1cccc(N(C2=CC[C@]3(C)Oc4ccccc4C3=C2)c2ccc3c(c2)C(c2ccccc2)(c2ccccc2)C2=C3C=CCC2)c1. The van der Waals surface area contributed by atoms with Crippen LogP contribution < -0.4 is 9.64 Å². The van der Waals surface area contributed by atoms with Crippen molar-refractivity contribution in [2.24, 2.45) is 0 Å². The molecule has 228 valence electrons. The van der Waals surface area contributed by atoms with Crippen LogP contribution in [0.3, 0.4) is 0 Å². The number of benzene rings is 5. The van der Waals surface area contributed by atoms with Crippen LogP contribution in [-0.2, 0) is 5.41 Å². The molecule has 1 atom stereocenters. The van der Waals surface area contributed by atoms with Gasteiger partial charge in [0.05, 0.1) is 5.41 Å². The van der Waals surface area contributed by atoms with Gasteiger partial charge in [-0.05, 0) is 102 Å².